The van der Waals surface area contributed by atoms with Gasteiger partial charge in [-0.15, -0.1) is 12.4 Å². The Morgan fingerprint density at radius 3 is 2.33 bits per heavy atom. The lowest BCUT2D eigenvalue weighted by atomic mass is 10.2. The van der Waals surface area contributed by atoms with Gasteiger partial charge in [-0.05, 0) is 53.1 Å². The predicted molar refractivity (Wildman–Crippen MR) is 74.3 cm³/mol. The molecule has 0 spiro atoms. The number of amides is 1. The van der Waals surface area contributed by atoms with Crippen LogP contribution in [0.5, 0.6) is 0 Å². The van der Waals surface area contributed by atoms with Crippen LogP contribution in [0.15, 0.2) is 0 Å². The number of carbonyl (C=O) groups excluding carboxylic acids is 1. The van der Waals surface area contributed by atoms with Gasteiger partial charge in [-0.2, -0.15) is 0 Å². The Bertz CT molecular complexity index is 285. The number of rotatable bonds is 1. The summed E-state index contributed by atoms with van der Waals surface area (Å²) in [6, 6.07) is 0.560. The molecule has 0 bridgehead atoms. The molecule has 1 amide bonds. The van der Waals surface area contributed by atoms with Gasteiger partial charge in [0.05, 0.1) is 0 Å². The first-order valence-corrected chi connectivity index (χ1v) is 6.68. The van der Waals surface area contributed by atoms with Gasteiger partial charge >= 0.3 is 6.09 Å². The summed E-state index contributed by atoms with van der Waals surface area (Å²) in [6.07, 6.45) is 3.56. The zero-order valence-electron chi connectivity index (χ0n) is 11.6. The summed E-state index contributed by atoms with van der Waals surface area (Å²) in [5.74, 6) is 0. The molecule has 2 rings (SSSR count). The van der Waals surface area contributed by atoms with Crippen LogP contribution in [0.2, 0.25) is 0 Å². The fourth-order valence-corrected chi connectivity index (χ4v) is 2.64. The third kappa shape index (κ3) is 4.02. The minimum Gasteiger partial charge on any atom is -0.444 e. The first-order valence-electron chi connectivity index (χ1n) is 6.68. The van der Waals surface area contributed by atoms with Crippen LogP contribution in [0.25, 0.3) is 0 Å². The highest BCUT2D eigenvalue weighted by atomic mass is 35.5. The molecule has 0 radical (unpaired) electrons. The molecule has 2 aliphatic rings. The van der Waals surface area contributed by atoms with Gasteiger partial charge in [0.15, 0.2) is 0 Å². The second kappa shape index (κ2) is 6.11. The van der Waals surface area contributed by atoms with E-state index in [4.69, 9.17) is 4.74 Å². The monoisotopic (exact) mass is 276 g/mol. The fourth-order valence-electron chi connectivity index (χ4n) is 2.64. The van der Waals surface area contributed by atoms with Gasteiger partial charge in [0.1, 0.15) is 5.60 Å². The van der Waals surface area contributed by atoms with Gasteiger partial charge in [0.25, 0.3) is 0 Å². The van der Waals surface area contributed by atoms with Gasteiger partial charge in [-0.1, -0.05) is 0 Å². The van der Waals surface area contributed by atoms with Crippen molar-refractivity contribution in [2.24, 2.45) is 0 Å². The van der Waals surface area contributed by atoms with E-state index < -0.39 is 0 Å². The maximum atomic E-state index is 11.9. The number of hydrogen-bond donors (Lipinski definition) is 0. The standard InChI is InChI=1S/C13H24N2O2.ClH/c1-13(2,3)17-12(16)15-9-6-11(10-15)14-7-4-5-8-14;/h11H,4-10H2,1-3H3;1H/t11-;/m0./s1. The van der Waals surface area contributed by atoms with Crippen molar-refractivity contribution in [1.29, 1.82) is 0 Å². The molecular weight excluding hydrogens is 252 g/mol. The van der Waals surface area contributed by atoms with Crippen molar-refractivity contribution in [3.8, 4) is 0 Å². The Morgan fingerprint density at radius 2 is 1.78 bits per heavy atom. The SMILES string of the molecule is CC(C)(C)OC(=O)N1CC[C@H](N2CCCC2)C1.Cl. The Kier molecular flexibility index (Phi) is 5.29. The summed E-state index contributed by atoms with van der Waals surface area (Å²) in [6.45, 7) is 9.83. The summed E-state index contributed by atoms with van der Waals surface area (Å²) in [5.41, 5.74) is -0.386. The average Bonchev–Trinajstić information content (AvgIpc) is 2.86. The lowest BCUT2D eigenvalue weighted by molar-refractivity contribution is 0.0282. The summed E-state index contributed by atoms with van der Waals surface area (Å²) >= 11 is 0. The molecule has 106 valence electrons. The molecule has 18 heavy (non-hydrogen) atoms. The molecule has 2 fully saturated rings. The summed E-state index contributed by atoms with van der Waals surface area (Å²) < 4.78 is 5.40. The minimum absolute atomic E-state index is 0. The van der Waals surface area contributed by atoms with Crippen molar-refractivity contribution in [3.63, 3.8) is 0 Å². The number of ether oxygens (including phenoxy) is 1. The molecule has 2 saturated heterocycles. The lowest BCUT2D eigenvalue weighted by Crippen LogP contribution is -2.39. The average molecular weight is 277 g/mol. The van der Waals surface area contributed by atoms with Crippen molar-refractivity contribution in [3.05, 3.63) is 0 Å². The van der Waals surface area contributed by atoms with Gasteiger partial charge < -0.3 is 9.64 Å². The van der Waals surface area contributed by atoms with Crippen LogP contribution in [0, 0.1) is 0 Å². The Balaban J connectivity index is 0.00000162. The number of nitrogens with zero attached hydrogens (tertiary/aromatic N) is 2. The van der Waals surface area contributed by atoms with Crippen LogP contribution in [-0.2, 0) is 4.74 Å². The molecule has 0 unspecified atom stereocenters. The van der Waals surface area contributed by atoms with Crippen LogP contribution in [0.1, 0.15) is 40.0 Å². The van der Waals surface area contributed by atoms with Crippen molar-refractivity contribution in [2.45, 2.75) is 51.7 Å². The van der Waals surface area contributed by atoms with Crippen LogP contribution in [0.3, 0.4) is 0 Å². The van der Waals surface area contributed by atoms with Crippen LogP contribution in [0.4, 0.5) is 4.79 Å². The lowest BCUT2D eigenvalue weighted by Gasteiger charge is -2.26. The largest absolute Gasteiger partial charge is 0.444 e. The molecule has 0 aromatic heterocycles. The highest BCUT2D eigenvalue weighted by molar-refractivity contribution is 5.85. The number of halogens is 1. The Hall–Kier alpha value is -0.480. The van der Waals surface area contributed by atoms with E-state index >= 15 is 0 Å². The molecule has 5 heteroatoms. The Morgan fingerprint density at radius 1 is 1.17 bits per heavy atom. The fraction of sp³-hybridized carbons (Fsp3) is 0.923. The Labute approximate surface area is 116 Å². The molecule has 2 heterocycles. The molecule has 0 N–H and O–H groups in total. The predicted octanol–water partition coefficient (Wildman–Crippen LogP) is 2.51. The number of likely N-dealkylation sites (tertiary alicyclic amines) is 2. The maximum Gasteiger partial charge on any atom is 0.410 e. The number of carbonyl (C=O) groups is 1. The summed E-state index contributed by atoms with van der Waals surface area (Å²) in [7, 11) is 0. The van der Waals surface area contributed by atoms with E-state index in [9.17, 15) is 4.79 Å². The topological polar surface area (TPSA) is 32.8 Å². The zero-order chi connectivity index (χ0) is 12.5. The minimum atomic E-state index is -0.386. The van der Waals surface area contributed by atoms with E-state index in [-0.39, 0.29) is 24.1 Å². The van der Waals surface area contributed by atoms with E-state index in [1.807, 2.05) is 25.7 Å². The molecule has 4 nitrogen and oxygen atoms in total. The van der Waals surface area contributed by atoms with Crippen molar-refractivity contribution >= 4 is 18.5 Å². The molecule has 0 aromatic carbocycles. The van der Waals surface area contributed by atoms with Gasteiger partial charge in [0, 0.05) is 19.1 Å². The maximum absolute atomic E-state index is 11.9. The molecule has 0 aliphatic carbocycles. The highest BCUT2D eigenvalue weighted by Crippen LogP contribution is 2.22. The van der Waals surface area contributed by atoms with Crippen molar-refractivity contribution in [2.75, 3.05) is 26.2 Å². The number of hydrogen-bond acceptors (Lipinski definition) is 3. The van der Waals surface area contributed by atoms with Crippen LogP contribution in [-0.4, -0.2) is 53.7 Å². The van der Waals surface area contributed by atoms with E-state index in [2.05, 4.69) is 4.90 Å². The van der Waals surface area contributed by atoms with E-state index in [1.165, 1.54) is 25.9 Å². The van der Waals surface area contributed by atoms with Gasteiger partial charge in [-0.25, -0.2) is 4.79 Å². The smallest absolute Gasteiger partial charge is 0.410 e. The quantitative estimate of drug-likeness (QED) is 0.738. The van der Waals surface area contributed by atoms with E-state index in [1.54, 1.807) is 0 Å². The van der Waals surface area contributed by atoms with Crippen molar-refractivity contribution < 1.29 is 9.53 Å². The summed E-state index contributed by atoms with van der Waals surface area (Å²) in [5, 5.41) is 0. The molecule has 2 aliphatic heterocycles. The molecule has 0 aromatic rings. The first kappa shape index (κ1) is 15.6. The second-order valence-electron chi connectivity index (χ2n) is 6.11. The normalized spacial score (nSPS) is 25.1. The zero-order valence-corrected chi connectivity index (χ0v) is 12.5. The second-order valence-corrected chi connectivity index (χ2v) is 6.11. The van der Waals surface area contributed by atoms with Crippen LogP contribution >= 0.6 is 12.4 Å². The van der Waals surface area contributed by atoms with E-state index in [0.717, 1.165) is 19.5 Å². The van der Waals surface area contributed by atoms with Crippen molar-refractivity contribution in [1.82, 2.24) is 9.80 Å². The summed E-state index contributed by atoms with van der Waals surface area (Å²) in [4.78, 5) is 16.3. The van der Waals surface area contributed by atoms with E-state index in [0.29, 0.717) is 6.04 Å². The van der Waals surface area contributed by atoms with Gasteiger partial charge in [0.2, 0.25) is 0 Å². The first-order chi connectivity index (χ1) is 7.96. The van der Waals surface area contributed by atoms with Crippen LogP contribution < -0.4 is 0 Å². The highest BCUT2D eigenvalue weighted by Gasteiger charge is 2.33. The molecular formula is C13H25ClN2O2. The third-order valence-electron chi connectivity index (χ3n) is 3.47. The molecule has 0 saturated carbocycles. The third-order valence-corrected chi connectivity index (χ3v) is 3.47. The van der Waals surface area contributed by atoms with Gasteiger partial charge in [-0.3, -0.25) is 4.90 Å². The molecule has 1 atom stereocenters.